The number of rotatable bonds is 6. The number of nitrogens with one attached hydrogen (secondary N) is 1. The molecule has 0 atom stereocenters. The number of methoxy groups -OCH3 is 1. The Balaban J connectivity index is 2.22. The van der Waals surface area contributed by atoms with Crippen LogP contribution in [0.25, 0.3) is 6.08 Å². The summed E-state index contributed by atoms with van der Waals surface area (Å²) in [7, 11) is 1.34. The first-order chi connectivity index (χ1) is 8.72. The Hall–Kier alpha value is -2.17. The van der Waals surface area contributed by atoms with Crippen LogP contribution in [0.4, 0.5) is 0 Å². The second-order valence-corrected chi connectivity index (χ2v) is 3.59. The lowest BCUT2D eigenvalue weighted by molar-refractivity contribution is -0.140. The minimum atomic E-state index is -0.268. The molecule has 0 fully saturated rings. The Bertz CT molecular complexity index is 416. The van der Waals surface area contributed by atoms with Gasteiger partial charge in [0.1, 0.15) is 0 Å². The van der Waals surface area contributed by atoms with E-state index >= 15 is 0 Å². The minimum Gasteiger partial charge on any atom is -0.469 e. The molecule has 0 radical (unpaired) electrons. The van der Waals surface area contributed by atoms with Gasteiger partial charge in [-0.1, -0.05) is 6.07 Å². The average molecular weight is 248 g/mol. The SMILES string of the molecule is COC(=O)CCCNC(=O)C=Cc1cccnc1. The quantitative estimate of drug-likeness (QED) is 0.466. The monoisotopic (exact) mass is 248 g/mol. The zero-order valence-electron chi connectivity index (χ0n) is 10.3. The van der Waals surface area contributed by atoms with Crippen molar-refractivity contribution < 1.29 is 14.3 Å². The molecule has 18 heavy (non-hydrogen) atoms. The van der Waals surface area contributed by atoms with Crippen LogP contribution in [0.5, 0.6) is 0 Å². The van der Waals surface area contributed by atoms with Crippen LogP contribution in [-0.4, -0.2) is 30.5 Å². The van der Waals surface area contributed by atoms with E-state index in [-0.39, 0.29) is 11.9 Å². The first kappa shape index (κ1) is 13.9. The number of aromatic nitrogens is 1. The Kier molecular flexibility index (Phi) is 6.17. The zero-order chi connectivity index (χ0) is 13.2. The Morgan fingerprint density at radius 2 is 2.33 bits per heavy atom. The predicted molar refractivity (Wildman–Crippen MR) is 67.5 cm³/mol. The van der Waals surface area contributed by atoms with Gasteiger partial charge in [0.15, 0.2) is 0 Å². The predicted octanol–water partition coefficient (Wildman–Crippen LogP) is 1.16. The van der Waals surface area contributed by atoms with Crippen LogP contribution in [0.3, 0.4) is 0 Å². The van der Waals surface area contributed by atoms with Crippen molar-refractivity contribution in [3.63, 3.8) is 0 Å². The number of pyridine rings is 1. The molecule has 0 spiro atoms. The fourth-order valence-electron chi connectivity index (χ4n) is 1.25. The Morgan fingerprint density at radius 1 is 1.50 bits per heavy atom. The molecule has 0 saturated carbocycles. The molecule has 1 heterocycles. The van der Waals surface area contributed by atoms with Crippen molar-refractivity contribution in [1.29, 1.82) is 0 Å². The summed E-state index contributed by atoms with van der Waals surface area (Å²) >= 11 is 0. The van der Waals surface area contributed by atoms with Crippen LogP contribution in [-0.2, 0) is 14.3 Å². The molecule has 0 aliphatic heterocycles. The largest absolute Gasteiger partial charge is 0.469 e. The van der Waals surface area contributed by atoms with Crippen LogP contribution in [0, 0.1) is 0 Å². The number of carbonyl (C=O) groups is 2. The minimum absolute atomic E-state index is 0.191. The van der Waals surface area contributed by atoms with Gasteiger partial charge in [0, 0.05) is 31.4 Å². The molecule has 0 bridgehead atoms. The van der Waals surface area contributed by atoms with Crippen LogP contribution in [0.1, 0.15) is 18.4 Å². The molecule has 0 unspecified atom stereocenters. The highest BCUT2D eigenvalue weighted by molar-refractivity contribution is 5.91. The third-order valence-electron chi connectivity index (χ3n) is 2.20. The molecule has 1 rings (SSSR count). The van der Waals surface area contributed by atoms with Crippen molar-refractivity contribution >= 4 is 18.0 Å². The topological polar surface area (TPSA) is 68.3 Å². The maximum atomic E-state index is 11.4. The van der Waals surface area contributed by atoms with Gasteiger partial charge in [-0.25, -0.2) is 0 Å². The molecule has 1 N–H and O–H groups in total. The molecule has 0 aliphatic carbocycles. The molecule has 5 heteroatoms. The highest BCUT2D eigenvalue weighted by Gasteiger charge is 2.00. The standard InChI is InChI=1S/C13H16N2O3/c1-18-13(17)5-3-9-15-12(16)7-6-11-4-2-8-14-10-11/h2,4,6-8,10H,3,5,9H2,1H3,(H,15,16). The van der Waals surface area contributed by atoms with E-state index < -0.39 is 0 Å². The van der Waals surface area contributed by atoms with Gasteiger partial charge in [0.25, 0.3) is 0 Å². The van der Waals surface area contributed by atoms with Crippen molar-refractivity contribution in [3.05, 3.63) is 36.2 Å². The second kappa shape index (κ2) is 8.00. The van der Waals surface area contributed by atoms with E-state index in [4.69, 9.17) is 0 Å². The van der Waals surface area contributed by atoms with Crippen molar-refractivity contribution in [3.8, 4) is 0 Å². The van der Waals surface area contributed by atoms with Gasteiger partial charge in [0.2, 0.25) is 5.91 Å². The Labute approximate surface area is 106 Å². The molecular formula is C13H16N2O3. The third-order valence-corrected chi connectivity index (χ3v) is 2.20. The van der Waals surface area contributed by atoms with E-state index in [2.05, 4.69) is 15.0 Å². The fraction of sp³-hybridized carbons (Fsp3) is 0.308. The molecule has 1 aromatic heterocycles. The molecule has 0 aromatic carbocycles. The number of hydrogen-bond acceptors (Lipinski definition) is 4. The lowest BCUT2D eigenvalue weighted by Gasteiger charge is -2.01. The summed E-state index contributed by atoms with van der Waals surface area (Å²) < 4.78 is 4.49. The summed E-state index contributed by atoms with van der Waals surface area (Å²) in [5.41, 5.74) is 0.863. The lowest BCUT2D eigenvalue weighted by Crippen LogP contribution is -2.22. The van der Waals surface area contributed by atoms with E-state index in [0.717, 1.165) is 5.56 Å². The van der Waals surface area contributed by atoms with E-state index in [0.29, 0.717) is 19.4 Å². The molecule has 5 nitrogen and oxygen atoms in total. The molecule has 1 aromatic rings. The normalized spacial score (nSPS) is 10.3. The lowest BCUT2D eigenvalue weighted by atomic mass is 10.2. The van der Waals surface area contributed by atoms with Gasteiger partial charge in [-0.2, -0.15) is 0 Å². The number of amides is 1. The first-order valence-electron chi connectivity index (χ1n) is 5.65. The fourth-order valence-corrected chi connectivity index (χ4v) is 1.25. The highest BCUT2D eigenvalue weighted by Crippen LogP contribution is 1.98. The maximum absolute atomic E-state index is 11.4. The van der Waals surface area contributed by atoms with Gasteiger partial charge >= 0.3 is 5.97 Å². The Morgan fingerprint density at radius 3 is 3.00 bits per heavy atom. The van der Waals surface area contributed by atoms with Crippen molar-refractivity contribution in [1.82, 2.24) is 10.3 Å². The summed E-state index contributed by atoms with van der Waals surface area (Å²) in [6.45, 7) is 0.450. The van der Waals surface area contributed by atoms with Crippen molar-refractivity contribution in [2.75, 3.05) is 13.7 Å². The van der Waals surface area contributed by atoms with Gasteiger partial charge in [-0.15, -0.1) is 0 Å². The smallest absolute Gasteiger partial charge is 0.305 e. The summed E-state index contributed by atoms with van der Waals surface area (Å²) in [5, 5.41) is 2.68. The van der Waals surface area contributed by atoms with Crippen molar-refractivity contribution in [2.45, 2.75) is 12.8 Å². The average Bonchev–Trinajstić information content (AvgIpc) is 2.42. The number of carbonyl (C=O) groups excluding carboxylic acids is 2. The summed E-state index contributed by atoms with van der Waals surface area (Å²) in [6.07, 6.45) is 7.34. The van der Waals surface area contributed by atoms with Crippen LogP contribution >= 0.6 is 0 Å². The highest BCUT2D eigenvalue weighted by atomic mass is 16.5. The number of ether oxygens (including phenoxy) is 1. The van der Waals surface area contributed by atoms with Crippen LogP contribution in [0.15, 0.2) is 30.6 Å². The number of nitrogens with zero attached hydrogens (tertiary/aromatic N) is 1. The van der Waals surface area contributed by atoms with E-state index in [9.17, 15) is 9.59 Å². The molecular weight excluding hydrogens is 232 g/mol. The molecule has 96 valence electrons. The summed E-state index contributed by atoms with van der Waals surface area (Å²) in [6, 6.07) is 3.65. The number of hydrogen-bond donors (Lipinski definition) is 1. The molecule has 0 saturated heterocycles. The third kappa shape index (κ3) is 5.79. The van der Waals surface area contributed by atoms with E-state index in [1.54, 1.807) is 24.5 Å². The van der Waals surface area contributed by atoms with Gasteiger partial charge in [-0.3, -0.25) is 14.6 Å². The van der Waals surface area contributed by atoms with Gasteiger partial charge in [-0.05, 0) is 24.1 Å². The number of esters is 1. The van der Waals surface area contributed by atoms with Crippen molar-refractivity contribution in [2.24, 2.45) is 0 Å². The zero-order valence-corrected chi connectivity index (χ0v) is 10.3. The first-order valence-corrected chi connectivity index (χ1v) is 5.65. The summed E-state index contributed by atoms with van der Waals surface area (Å²) in [5.74, 6) is -0.459. The molecule has 1 amide bonds. The second-order valence-electron chi connectivity index (χ2n) is 3.59. The maximum Gasteiger partial charge on any atom is 0.305 e. The van der Waals surface area contributed by atoms with E-state index in [1.165, 1.54) is 13.2 Å². The molecule has 0 aliphatic rings. The van der Waals surface area contributed by atoms with Gasteiger partial charge < -0.3 is 10.1 Å². The summed E-state index contributed by atoms with van der Waals surface area (Å²) in [4.78, 5) is 26.1. The van der Waals surface area contributed by atoms with Crippen LogP contribution < -0.4 is 5.32 Å². The van der Waals surface area contributed by atoms with Gasteiger partial charge in [0.05, 0.1) is 7.11 Å². The van der Waals surface area contributed by atoms with Crippen LogP contribution in [0.2, 0.25) is 0 Å². The van der Waals surface area contributed by atoms with E-state index in [1.807, 2.05) is 6.07 Å².